The molecule has 1 fully saturated rings. The highest BCUT2D eigenvalue weighted by Gasteiger charge is 2.20. The zero-order valence-electron chi connectivity index (χ0n) is 12.7. The average molecular weight is 305 g/mol. The molecule has 1 aromatic carbocycles. The van der Waals surface area contributed by atoms with Gasteiger partial charge in [-0.05, 0) is 31.5 Å². The molecule has 0 saturated carbocycles. The van der Waals surface area contributed by atoms with Crippen molar-refractivity contribution in [3.63, 3.8) is 0 Å². The summed E-state index contributed by atoms with van der Waals surface area (Å²) in [5.74, 6) is 0.445. The molecule has 6 heteroatoms. The van der Waals surface area contributed by atoms with Crippen molar-refractivity contribution in [2.75, 3.05) is 19.7 Å². The third kappa shape index (κ3) is 3.51. The van der Waals surface area contributed by atoms with Gasteiger partial charge in [0.05, 0.1) is 18.2 Å². The van der Waals surface area contributed by atoms with E-state index in [9.17, 15) is 4.39 Å². The van der Waals surface area contributed by atoms with Gasteiger partial charge in [-0.1, -0.05) is 24.2 Å². The molecule has 2 aromatic rings. The van der Waals surface area contributed by atoms with Gasteiger partial charge in [0.1, 0.15) is 5.82 Å². The van der Waals surface area contributed by atoms with Crippen LogP contribution in [0.4, 0.5) is 4.39 Å². The number of ether oxygens (including phenoxy) is 1. The summed E-state index contributed by atoms with van der Waals surface area (Å²) in [4.78, 5) is 6.51. The second kappa shape index (κ2) is 6.98. The van der Waals surface area contributed by atoms with Crippen molar-refractivity contribution in [3.8, 4) is 11.4 Å². The Morgan fingerprint density at radius 2 is 2.23 bits per heavy atom. The van der Waals surface area contributed by atoms with Gasteiger partial charge in [0.2, 0.25) is 11.7 Å². The minimum absolute atomic E-state index is 0.286. The van der Waals surface area contributed by atoms with Crippen LogP contribution in [0.1, 0.15) is 25.7 Å². The number of rotatable bonds is 6. The zero-order valence-corrected chi connectivity index (χ0v) is 12.7. The molecule has 0 amide bonds. The maximum Gasteiger partial charge on any atom is 0.241 e. The quantitative estimate of drug-likeness (QED) is 0.821. The molecule has 0 spiro atoms. The molecule has 1 aliphatic rings. The van der Waals surface area contributed by atoms with Crippen molar-refractivity contribution in [2.45, 2.75) is 32.4 Å². The molecule has 5 nitrogen and oxygen atoms in total. The minimum Gasteiger partial charge on any atom is -0.377 e. The molecule has 118 valence electrons. The van der Waals surface area contributed by atoms with Crippen LogP contribution in [0.25, 0.3) is 11.4 Å². The number of hydrogen-bond donors (Lipinski definition) is 0. The van der Waals surface area contributed by atoms with Crippen molar-refractivity contribution in [3.05, 3.63) is 36.0 Å². The molecular weight excluding hydrogens is 285 g/mol. The average Bonchev–Trinajstić information content (AvgIpc) is 3.19. The van der Waals surface area contributed by atoms with E-state index in [1.807, 2.05) is 0 Å². The van der Waals surface area contributed by atoms with Crippen LogP contribution in [0.5, 0.6) is 0 Å². The first kappa shape index (κ1) is 15.1. The highest BCUT2D eigenvalue weighted by atomic mass is 19.1. The van der Waals surface area contributed by atoms with Crippen LogP contribution in [-0.4, -0.2) is 40.8 Å². The van der Waals surface area contributed by atoms with Gasteiger partial charge >= 0.3 is 0 Å². The largest absolute Gasteiger partial charge is 0.377 e. The molecule has 1 aromatic heterocycles. The number of benzene rings is 1. The topological polar surface area (TPSA) is 51.4 Å². The van der Waals surface area contributed by atoms with Crippen molar-refractivity contribution in [2.24, 2.45) is 0 Å². The summed E-state index contributed by atoms with van der Waals surface area (Å²) in [5.41, 5.74) is 0.361. The Kier molecular flexibility index (Phi) is 4.80. The van der Waals surface area contributed by atoms with Crippen LogP contribution in [0.2, 0.25) is 0 Å². The van der Waals surface area contributed by atoms with Crippen LogP contribution in [0.15, 0.2) is 28.8 Å². The molecule has 0 bridgehead atoms. The highest BCUT2D eigenvalue weighted by Crippen LogP contribution is 2.20. The van der Waals surface area contributed by atoms with Gasteiger partial charge in [-0.25, -0.2) is 4.39 Å². The van der Waals surface area contributed by atoms with E-state index in [2.05, 4.69) is 22.0 Å². The first-order valence-corrected chi connectivity index (χ1v) is 7.67. The molecule has 0 N–H and O–H groups in total. The van der Waals surface area contributed by atoms with Crippen LogP contribution < -0.4 is 0 Å². The number of hydrogen-bond acceptors (Lipinski definition) is 5. The van der Waals surface area contributed by atoms with Crippen molar-refractivity contribution in [1.29, 1.82) is 0 Å². The van der Waals surface area contributed by atoms with Crippen molar-refractivity contribution < 1.29 is 13.7 Å². The molecule has 1 atom stereocenters. The summed E-state index contributed by atoms with van der Waals surface area (Å²) in [6.07, 6.45) is 2.51. The SMILES string of the molecule is CCN(Cc1nc(-c2ccccc2F)no1)CC1CCCO1. The molecule has 1 unspecified atom stereocenters. The van der Waals surface area contributed by atoms with Gasteiger partial charge in [-0.2, -0.15) is 4.98 Å². The fourth-order valence-electron chi connectivity index (χ4n) is 2.64. The van der Waals surface area contributed by atoms with E-state index >= 15 is 0 Å². The van der Waals surface area contributed by atoms with Gasteiger partial charge in [-0.3, -0.25) is 4.90 Å². The fourth-order valence-corrected chi connectivity index (χ4v) is 2.64. The number of nitrogens with zero attached hydrogens (tertiary/aromatic N) is 3. The Balaban J connectivity index is 1.66. The Morgan fingerprint density at radius 1 is 1.36 bits per heavy atom. The van der Waals surface area contributed by atoms with Gasteiger partial charge in [0, 0.05) is 13.2 Å². The predicted molar refractivity (Wildman–Crippen MR) is 79.6 cm³/mol. The number of halogens is 1. The van der Waals surface area contributed by atoms with Crippen LogP contribution in [-0.2, 0) is 11.3 Å². The number of aromatic nitrogens is 2. The van der Waals surface area contributed by atoms with Gasteiger partial charge < -0.3 is 9.26 Å². The molecule has 2 heterocycles. The molecular formula is C16H20FN3O2. The Morgan fingerprint density at radius 3 is 2.95 bits per heavy atom. The molecule has 1 saturated heterocycles. The molecule has 0 aliphatic carbocycles. The van der Waals surface area contributed by atoms with Crippen LogP contribution in [0.3, 0.4) is 0 Å². The van der Waals surface area contributed by atoms with Gasteiger partial charge in [0.15, 0.2) is 0 Å². The lowest BCUT2D eigenvalue weighted by atomic mass is 10.2. The molecule has 22 heavy (non-hydrogen) atoms. The van der Waals surface area contributed by atoms with Crippen molar-refractivity contribution >= 4 is 0 Å². The second-order valence-corrected chi connectivity index (χ2v) is 5.45. The highest BCUT2D eigenvalue weighted by molar-refractivity contribution is 5.54. The molecule has 0 radical (unpaired) electrons. The van der Waals surface area contributed by atoms with E-state index in [4.69, 9.17) is 9.26 Å². The summed E-state index contributed by atoms with van der Waals surface area (Å²) in [7, 11) is 0. The van der Waals surface area contributed by atoms with E-state index in [-0.39, 0.29) is 11.9 Å². The van der Waals surface area contributed by atoms with E-state index in [0.29, 0.717) is 23.8 Å². The maximum atomic E-state index is 13.7. The lowest BCUT2D eigenvalue weighted by Gasteiger charge is -2.21. The van der Waals surface area contributed by atoms with E-state index < -0.39 is 0 Å². The lowest BCUT2D eigenvalue weighted by Crippen LogP contribution is -2.31. The Bertz CT molecular complexity index is 611. The van der Waals surface area contributed by atoms with Gasteiger partial charge in [-0.15, -0.1) is 0 Å². The normalized spacial score (nSPS) is 18.2. The lowest BCUT2D eigenvalue weighted by molar-refractivity contribution is 0.0689. The van der Waals surface area contributed by atoms with Crippen LogP contribution >= 0.6 is 0 Å². The first-order chi connectivity index (χ1) is 10.8. The summed E-state index contributed by atoms with van der Waals surface area (Å²) >= 11 is 0. The van der Waals surface area contributed by atoms with E-state index in [0.717, 1.165) is 32.5 Å². The molecule has 1 aliphatic heterocycles. The van der Waals surface area contributed by atoms with E-state index in [1.54, 1.807) is 18.2 Å². The summed E-state index contributed by atoms with van der Waals surface area (Å²) < 4.78 is 24.7. The maximum absolute atomic E-state index is 13.7. The standard InChI is InChI=1S/C16H20FN3O2/c1-2-20(10-12-6-5-9-21-12)11-15-18-16(19-22-15)13-7-3-4-8-14(13)17/h3-4,7-8,12H,2,5-6,9-11H2,1H3. The fraction of sp³-hybridized carbons (Fsp3) is 0.500. The van der Waals surface area contributed by atoms with Crippen molar-refractivity contribution in [1.82, 2.24) is 15.0 Å². The Labute approximate surface area is 129 Å². The molecule has 3 rings (SSSR count). The summed E-state index contributed by atoms with van der Waals surface area (Å²) in [5, 5.41) is 3.88. The Hall–Kier alpha value is -1.79. The summed E-state index contributed by atoms with van der Waals surface area (Å²) in [6.45, 7) is 5.21. The monoisotopic (exact) mass is 305 g/mol. The smallest absolute Gasteiger partial charge is 0.241 e. The van der Waals surface area contributed by atoms with E-state index in [1.165, 1.54) is 6.07 Å². The summed E-state index contributed by atoms with van der Waals surface area (Å²) in [6, 6.07) is 6.43. The first-order valence-electron chi connectivity index (χ1n) is 7.67. The zero-order chi connectivity index (χ0) is 15.4. The third-order valence-electron chi connectivity index (χ3n) is 3.87. The van der Waals surface area contributed by atoms with Gasteiger partial charge in [0.25, 0.3) is 0 Å². The number of likely N-dealkylation sites (N-methyl/N-ethyl adjacent to an activating group) is 1. The third-order valence-corrected chi connectivity index (χ3v) is 3.87. The van der Waals surface area contributed by atoms with Crippen LogP contribution in [0, 0.1) is 5.82 Å². The minimum atomic E-state index is -0.346. The predicted octanol–water partition coefficient (Wildman–Crippen LogP) is 2.88. The second-order valence-electron chi connectivity index (χ2n) is 5.45.